The van der Waals surface area contributed by atoms with Gasteiger partial charge in [-0.05, 0) is 39.4 Å². The first-order valence-electron chi connectivity index (χ1n) is 6.53. The topological polar surface area (TPSA) is 32.3 Å². The van der Waals surface area contributed by atoms with Crippen molar-refractivity contribution in [2.24, 2.45) is 0 Å². The first-order chi connectivity index (χ1) is 8.56. The summed E-state index contributed by atoms with van der Waals surface area (Å²) in [4.78, 5) is 13.8. The van der Waals surface area contributed by atoms with E-state index in [4.69, 9.17) is 0 Å². The second kappa shape index (κ2) is 8.94. The predicted molar refractivity (Wildman–Crippen MR) is 82.8 cm³/mol. The third kappa shape index (κ3) is 5.62. The maximum atomic E-state index is 12.0. The number of hydrogen-bond acceptors (Lipinski definition) is 2. The third-order valence-corrected chi connectivity index (χ3v) is 3.35. The molecule has 1 N–H and O–H groups in total. The zero-order valence-corrected chi connectivity index (χ0v) is 13.1. The molecule has 0 saturated heterocycles. The van der Waals surface area contributed by atoms with E-state index in [0.29, 0.717) is 6.42 Å². The Morgan fingerprint density at radius 3 is 2.42 bits per heavy atom. The van der Waals surface area contributed by atoms with E-state index in [1.165, 1.54) is 11.1 Å². The van der Waals surface area contributed by atoms with E-state index in [-0.39, 0.29) is 24.4 Å². The van der Waals surface area contributed by atoms with Gasteiger partial charge < -0.3 is 10.2 Å². The molecule has 0 heterocycles. The van der Waals surface area contributed by atoms with E-state index in [1.54, 1.807) is 0 Å². The Bertz CT molecular complexity index is 378. The monoisotopic (exact) mass is 284 g/mol. The lowest BCUT2D eigenvalue weighted by Gasteiger charge is -2.25. The van der Waals surface area contributed by atoms with Crippen molar-refractivity contribution in [2.75, 3.05) is 20.6 Å². The zero-order valence-electron chi connectivity index (χ0n) is 12.3. The Labute approximate surface area is 122 Å². The molecule has 0 aliphatic heterocycles. The number of carbonyl (C=O) groups is 1. The lowest BCUT2D eigenvalue weighted by Crippen LogP contribution is -2.30. The van der Waals surface area contributed by atoms with E-state index >= 15 is 0 Å². The normalized spacial score (nSPS) is 11.6. The number of carbonyl (C=O) groups excluding carboxylic acids is 1. The minimum absolute atomic E-state index is 0. The van der Waals surface area contributed by atoms with Crippen LogP contribution >= 0.6 is 12.4 Å². The van der Waals surface area contributed by atoms with Gasteiger partial charge in [0.05, 0.1) is 6.04 Å². The Kier molecular flexibility index (Phi) is 8.44. The zero-order chi connectivity index (χ0) is 13.5. The summed E-state index contributed by atoms with van der Waals surface area (Å²) in [6.45, 7) is 5.03. The number of nitrogens with zero attached hydrogens (tertiary/aromatic N) is 1. The van der Waals surface area contributed by atoms with Gasteiger partial charge in [0, 0.05) is 13.5 Å². The summed E-state index contributed by atoms with van der Waals surface area (Å²) in [5.74, 6) is 0.207. The Balaban J connectivity index is 0.00000324. The molecule has 0 aliphatic carbocycles. The fourth-order valence-corrected chi connectivity index (χ4v) is 1.88. The standard InChI is InChI=1S/C15H24N2O.ClH/c1-12-7-9-14(10-8-12)13(2)17(4)15(18)6-5-11-16-3;/h7-10,13,16H,5-6,11H2,1-4H3;1H. The molecule has 1 atom stereocenters. The fourth-order valence-electron chi connectivity index (χ4n) is 1.88. The Hall–Kier alpha value is -1.06. The molecule has 108 valence electrons. The van der Waals surface area contributed by atoms with Crippen LogP contribution < -0.4 is 5.32 Å². The molecule has 1 unspecified atom stereocenters. The van der Waals surface area contributed by atoms with Crippen LogP contribution in [0.4, 0.5) is 0 Å². The summed E-state index contributed by atoms with van der Waals surface area (Å²) in [5, 5.41) is 3.06. The number of amides is 1. The predicted octanol–water partition coefficient (Wildman–Crippen LogP) is 2.94. The molecular weight excluding hydrogens is 260 g/mol. The first kappa shape index (κ1) is 17.9. The third-order valence-electron chi connectivity index (χ3n) is 3.35. The minimum atomic E-state index is 0. The van der Waals surface area contributed by atoms with Gasteiger partial charge in [0.1, 0.15) is 0 Å². The molecule has 0 saturated carbocycles. The lowest BCUT2D eigenvalue weighted by atomic mass is 10.1. The Morgan fingerprint density at radius 1 is 1.32 bits per heavy atom. The number of halogens is 1. The summed E-state index contributed by atoms with van der Waals surface area (Å²) < 4.78 is 0. The molecule has 1 rings (SSSR count). The first-order valence-corrected chi connectivity index (χ1v) is 6.53. The highest BCUT2D eigenvalue weighted by atomic mass is 35.5. The maximum Gasteiger partial charge on any atom is 0.222 e. The van der Waals surface area contributed by atoms with E-state index in [1.807, 2.05) is 19.0 Å². The average Bonchev–Trinajstić information content (AvgIpc) is 2.38. The largest absolute Gasteiger partial charge is 0.339 e. The minimum Gasteiger partial charge on any atom is -0.339 e. The lowest BCUT2D eigenvalue weighted by molar-refractivity contribution is -0.131. The molecule has 1 aromatic rings. The van der Waals surface area contributed by atoms with E-state index in [0.717, 1.165) is 13.0 Å². The summed E-state index contributed by atoms with van der Waals surface area (Å²) in [6.07, 6.45) is 1.49. The molecule has 0 aliphatic rings. The highest BCUT2D eigenvalue weighted by Crippen LogP contribution is 2.19. The van der Waals surface area contributed by atoms with Crippen LogP contribution in [0.25, 0.3) is 0 Å². The van der Waals surface area contributed by atoms with Crippen molar-refractivity contribution in [3.05, 3.63) is 35.4 Å². The van der Waals surface area contributed by atoms with Gasteiger partial charge in [0.2, 0.25) is 5.91 Å². The van der Waals surface area contributed by atoms with Gasteiger partial charge in [-0.1, -0.05) is 29.8 Å². The molecule has 0 bridgehead atoms. The van der Waals surface area contributed by atoms with Gasteiger partial charge in [-0.3, -0.25) is 4.79 Å². The van der Waals surface area contributed by atoms with Crippen LogP contribution in [-0.2, 0) is 4.79 Å². The van der Waals surface area contributed by atoms with Crippen LogP contribution in [-0.4, -0.2) is 31.4 Å². The molecule has 1 aromatic carbocycles. The summed E-state index contributed by atoms with van der Waals surface area (Å²) >= 11 is 0. The average molecular weight is 285 g/mol. The summed E-state index contributed by atoms with van der Waals surface area (Å²) in [7, 11) is 3.79. The molecule has 19 heavy (non-hydrogen) atoms. The van der Waals surface area contributed by atoms with Crippen molar-refractivity contribution in [3.8, 4) is 0 Å². The number of hydrogen-bond donors (Lipinski definition) is 1. The van der Waals surface area contributed by atoms with Crippen LogP contribution in [0.5, 0.6) is 0 Å². The SMILES string of the molecule is CNCCCC(=O)N(C)C(C)c1ccc(C)cc1.Cl. The molecular formula is C15H25ClN2O. The van der Waals surface area contributed by atoms with Gasteiger partial charge in [-0.15, -0.1) is 12.4 Å². The van der Waals surface area contributed by atoms with Gasteiger partial charge >= 0.3 is 0 Å². The second-order valence-corrected chi connectivity index (χ2v) is 4.80. The van der Waals surface area contributed by atoms with E-state index in [9.17, 15) is 4.79 Å². The summed E-state index contributed by atoms with van der Waals surface area (Å²) in [5.41, 5.74) is 2.43. The quantitative estimate of drug-likeness (QED) is 0.815. The number of benzene rings is 1. The van der Waals surface area contributed by atoms with E-state index in [2.05, 4.69) is 43.4 Å². The second-order valence-electron chi connectivity index (χ2n) is 4.80. The van der Waals surface area contributed by atoms with Crippen molar-refractivity contribution in [3.63, 3.8) is 0 Å². The van der Waals surface area contributed by atoms with Crippen LogP contribution in [0.1, 0.15) is 36.9 Å². The van der Waals surface area contributed by atoms with Gasteiger partial charge in [-0.25, -0.2) is 0 Å². The molecule has 0 radical (unpaired) electrons. The molecule has 0 fully saturated rings. The fraction of sp³-hybridized carbons (Fsp3) is 0.533. The molecule has 0 aromatic heterocycles. The summed E-state index contributed by atoms with van der Waals surface area (Å²) in [6, 6.07) is 8.50. The van der Waals surface area contributed by atoms with Crippen molar-refractivity contribution in [1.29, 1.82) is 0 Å². The van der Waals surface area contributed by atoms with Gasteiger partial charge in [0.15, 0.2) is 0 Å². The van der Waals surface area contributed by atoms with Crippen LogP contribution in [0, 0.1) is 6.92 Å². The maximum absolute atomic E-state index is 12.0. The smallest absolute Gasteiger partial charge is 0.222 e. The number of aryl methyl sites for hydroxylation is 1. The molecule has 0 spiro atoms. The highest BCUT2D eigenvalue weighted by Gasteiger charge is 2.16. The number of rotatable bonds is 6. The molecule has 4 heteroatoms. The van der Waals surface area contributed by atoms with Crippen molar-refractivity contribution < 1.29 is 4.79 Å². The van der Waals surface area contributed by atoms with E-state index < -0.39 is 0 Å². The van der Waals surface area contributed by atoms with Gasteiger partial charge in [-0.2, -0.15) is 0 Å². The van der Waals surface area contributed by atoms with Crippen molar-refractivity contribution >= 4 is 18.3 Å². The number of nitrogens with one attached hydrogen (secondary N) is 1. The van der Waals surface area contributed by atoms with Crippen LogP contribution in [0.15, 0.2) is 24.3 Å². The van der Waals surface area contributed by atoms with Crippen molar-refractivity contribution in [1.82, 2.24) is 10.2 Å². The van der Waals surface area contributed by atoms with Crippen LogP contribution in [0.3, 0.4) is 0 Å². The highest BCUT2D eigenvalue weighted by molar-refractivity contribution is 5.85. The molecule has 3 nitrogen and oxygen atoms in total. The molecule has 1 amide bonds. The van der Waals surface area contributed by atoms with Crippen LogP contribution in [0.2, 0.25) is 0 Å². The Morgan fingerprint density at radius 2 is 1.89 bits per heavy atom. The van der Waals surface area contributed by atoms with Crippen molar-refractivity contribution in [2.45, 2.75) is 32.7 Å². The van der Waals surface area contributed by atoms with Gasteiger partial charge in [0.25, 0.3) is 0 Å².